The Bertz CT molecular complexity index is 262. The molecule has 0 aromatic carbocycles. The van der Waals surface area contributed by atoms with Crippen LogP contribution in [-0.2, 0) is 4.79 Å². The maximum Gasteiger partial charge on any atom is 0.225 e. The summed E-state index contributed by atoms with van der Waals surface area (Å²) in [6, 6.07) is 0.473. The van der Waals surface area contributed by atoms with Crippen LogP contribution in [0.5, 0.6) is 0 Å². The summed E-state index contributed by atoms with van der Waals surface area (Å²) in [5, 5.41) is 3.27. The van der Waals surface area contributed by atoms with Gasteiger partial charge < -0.3 is 11.1 Å². The Morgan fingerprint density at radius 3 is 2.28 bits per heavy atom. The van der Waals surface area contributed by atoms with Crippen LogP contribution in [0.2, 0.25) is 0 Å². The third-order valence-corrected chi connectivity index (χ3v) is 4.78. The van der Waals surface area contributed by atoms with Crippen molar-refractivity contribution < 1.29 is 4.79 Å². The topological polar surface area (TPSA) is 55.1 Å². The summed E-state index contributed by atoms with van der Waals surface area (Å²) in [6.45, 7) is 2.18. The lowest BCUT2D eigenvalue weighted by Gasteiger charge is -2.34. The normalized spacial score (nSPS) is 34.9. The Balaban J connectivity index is 1.89. The average Bonchev–Trinajstić information content (AvgIpc) is 2.57. The fourth-order valence-electron chi connectivity index (χ4n) is 3.63. The summed E-state index contributed by atoms with van der Waals surface area (Å²) >= 11 is 0. The van der Waals surface area contributed by atoms with E-state index in [1.165, 1.54) is 32.1 Å². The molecule has 2 rings (SSSR count). The predicted octanol–water partition coefficient (Wildman–Crippen LogP) is 2.59. The second kappa shape index (κ2) is 6.55. The summed E-state index contributed by atoms with van der Waals surface area (Å²) < 4.78 is 0. The highest BCUT2D eigenvalue weighted by atomic mass is 16.2. The molecule has 3 N–H and O–H groups in total. The lowest BCUT2D eigenvalue weighted by Crippen LogP contribution is -2.49. The largest absolute Gasteiger partial charge is 0.353 e. The number of hydrogen-bond donors (Lipinski definition) is 2. The molecule has 1 amide bonds. The van der Waals surface area contributed by atoms with E-state index in [0.717, 1.165) is 25.7 Å². The molecule has 0 aromatic rings. The van der Waals surface area contributed by atoms with E-state index < -0.39 is 0 Å². The minimum absolute atomic E-state index is 0.0435. The van der Waals surface area contributed by atoms with Gasteiger partial charge in [0, 0.05) is 12.1 Å². The molecule has 2 fully saturated rings. The van der Waals surface area contributed by atoms with Crippen molar-refractivity contribution in [3.8, 4) is 0 Å². The second-order valence-electron chi connectivity index (χ2n) is 6.29. The first-order valence-electron chi connectivity index (χ1n) is 7.74. The number of nitrogens with one attached hydrogen (secondary N) is 1. The van der Waals surface area contributed by atoms with Gasteiger partial charge in [0.25, 0.3) is 0 Å². The van der Waals surface area contributed by atoms with Crippen molar-refractivity contribution in [1.82, 2.24) is 5.32 Å². The van der Waals surface area contributed by atoms with Crippen LogP contribution >= 0.6 is 0 Å². The lowest BCUT2D eigenvalue weighted by atomic mass is 9.76. The van der Waals surface area contributed by atoms with Crippen molar-refractivity contribution in [3.05, 3.63) is 0 Å². The number of amides is 1. The van der Waals surface area contributed by atoms with Crippen LogP contribution in [0, 0.1) is 11.8 Å². The smallest absolute Gasteiger partial charge is 0.225 e. The zero-order valence-electron chi connectivity index (χ0n) is 11.7. The van der Waals surface area contributed by atoms with Gasteiger partial charge in [0.2, 0.25) is 5.91 Å². The van der Waals surface area contributed by atoms with E-state index in [4.69, 9.17) is 5.73 Å². The Labute approximate surface area is 111 Å². The number of nitrogens with two attached hydrogens (primary N) is 1. The van der Waals surface area contributed by atoms with Gasteiger partial charge in [-0.25, -0.2) is 0 Å². The summed E-state index contributed by atoms with van der Waals surface area (Å²) in [4.78, 5) is 12.4. The number of carbonyl (C=O) groups excluding carboxylic acids is 1. The third kappa shape index (κ3) is 3.47. The van der Waals surface area contributed by atoms with Crippen LogP contribution in [0.15, 0.2) is 0 Å². The average molecular weight is 252 g/mol. The van der Waals surface area contributed by atoms with Gasteiger partial charge in [-0.3, -0.25) is 4.79 Å². The SMILES string of the molecule is CC1CCCC(N)C1C(=O)NC1CCCCCC1. The first kappa shape index (κ1) is 13.9. The first-order chi connectivity index (χ1) is 8.68. The van der Waals surface area contributed by atoms with Crippen LogP contribution < -0.4 is 11.1 Å². The maximum atomic E-state index is 12.4. The van der Waals surface area contributed by atoms with Crippen molar-refractivity contribution in [2.75, 3.05) is 0 Å². The minimum atomic E-state index is 0.0435. The molecule has 3 heteroatoms. The molecule has 3 unspecified atom stereocenters. The van der Waals surface area contributed by atoms with Crippen LogP contribution in [0.4, 0.5) is 0 Å². The summed E-state index contributed by atoms with van der Waals surface area (Å²) in [5.41, 5.74) is 6.15. The molecular weight excluding hydrogens is 224 g/mol. The van der Waals surface area contributed by atoms with Crippen molar-refractivity contribution in [2.45, 2.75) is 76.8 Å². The molecule has 0 saturated heterocycles. The highest BCUT2D eigenvalue weighted by Crippen LogP contribution is 2.29. The van der Waals surface area contributed by atoms with Crippen molar-refractivity contribution in [2.24, 2.45) is 17.6 Å². The summed E-state index contributed by atoms with van der Waals surface area (Å²) in [5.74, 6) is 0.711. The van der Waals surface area contributed by atoms with Crippen molar-refractivity contribution in [1.29, 1.82) is 0 Å². The van der Waals surface area contributed by atoms with E-state index in [2.05, 4.69) is 12.2 Å². The molecule has 0 radical (unpaired) electrons. The summed E-state index contributed by atoms with van der Waals surface area (Å²) in [6.07, 6.45) is 10.8. The van der Waals surface area contributed by atoms with Gasteiger partial charge in [-0.05, 0) is 31.6 Å². The molecule has 104 valence electrons. The van der Waals surface area contributed by atoms with Crippen LogP contribution in [0.3, 0.4) is 0 Å². The number of hydrogen-bond acceptors (Lipinski definition) is 2. The Kier molecular flexibility index (Phi) is 5.04. The zero-order valence-corrected chi connectivity index (χ0v) is 11.7. The monoisotopic (exact) mass is 252 g/mol. The van der Waals surface area contributed by atoms with Crippen molar-refractivity contribution in [3.63, 3.8) is 0 Å². The van der Waals surface area contributed by atoms with Gasteiger partial charge in [0.05, 0.1) is 5.92 Å². The van der Waals surface area contributed by atoms with E-state index >= 15 is 0 Å². The minimum Gasteiger partial charge on any atom is -0.353 e. The molecule has 0 aliphatic heterocycles. The Morgan fingerprint density at radius 2 is 1.67 bits per heavy atom. The third-order valence-electron chi connectivity index (χ3n) is 4.78. The second-order valence-corrected chi connectivity index (χ2v) is 6.29. The molecule has 0 aromatic heterocycles. The van der Waals surface area contributed by atoms with Crippen LogP contribution in [0.1, 0.15) is 64.7 Å². The molecule has 2 aliphatic rings. The molecule has 0 heterocycles. The molecule has 3 atom stereocenters. The number of carbonyl (C=O) groups is 1. The van der Waals surface area contributed by atoms with Crippen LogP contribution in [0.25, 0.3) is 0 Å². The van der Waals surface area contributed by atoms with Gasteiger partial charge in [-0.1, -0.05) is 39.0 Å². The fourth-order valence-corrected chi connectivity index (χ4v) is 3.63. The van der Waals surface area contributed by atoms with E-state index in [1.54, 1.807) is 0 Å². The maximum absolute atomic E-state index is 12.4. The highest BCUT2D eigenvalue weighted by Gasteiger charge is 2.34. The first-order valence-corrected chi connectivity index (χ1v) is 7.74. The molecule has 2 aliphatic carbocycles. The van der Waals surface area contributed by atoms with Gasteiger partial charge in [-0.15, -0.1) is 0 Å². The molecule has 2 saturated carbocycles. The van der Waals surface area contributed by atoms with E-state index in [9.17, 15) is 4.79 Å². The summed E-state index contributed by atoms with van der Waals surface area (Å²) in [7, 11) is 0. The molecule has 3 nitrogen and oxygen atoms in total. The predicted molar refractivity (Wildman–Crippen MR) is 74.1 cm³/mol. The zero-order chi connectivity index (χ0) is 13.0. The van der Waals surface area contributed by atoms with E-state index in [-0.39, 0.29) is 17.9 Å². The fraction of sp³-hybridized carbons (Fsp3) is 0.933. The van der Waals surface area contributed by atoms with E-state index in [1.807, 2.05) is 0 Å². The molecular formula is C15H28N2O. The lowest BCUT2D eigenvalue weighted by molar-refractivity contribution is -0.129. The van der Waals surface area contributed by atoms with Gasteiger partial charge in [0.1, 0.15) is 0 Å². The number of rotatable bonds is 2. The van der Waals surface area contributed by atoms with Gasteiger partial charge >= 0.3 is 0 Å². The van der Waals surface area contributed by atoms with Gasteiger partial charge in [0.15, 0.2) is 0 Å². The van der Waals surface area contributed by atoms with Crippen molar-refractivity contribution >= 4 is 5.91 Å². The molecule has 0 spiro atoms. The standard InChI is InChI=1S/C15H28N2O/c1-11-7-6-10-13(16)14(11)15(18)17-12-8-4-2-3-5-9-12/h11-14H,2-10,16H2,1H3,(H,17,18). The highest BCUT2D eigenvalue weighted by molar-refractivity contribution is 5.80. The molecule has 0 bridgehead atoms. The van der Waals surface area contributed by atoms with Gasteiger partial charge in [-0.2, -0.15) is 0 Å². The van der Waals surface area contributed by atoms with E-state index in [0.29, 0.717) is 12.0 Å². The Hall–Kier alpha value is -0.570. The molecule has 18 heavy (non-hydrogen) atoms. The quantitative estimate of drug-likeness (QED) is 0.742. The van der Waals surface area contributed by atoms with Crippen LogP contribution in [-0.4, -0.2) is 18.0 Å². The Morgan fingerprint density at radius 1 is 1.00 bits per heavy atom.